The molecule has 0 bridgehead atoms. The molecule has 0 saturated carbocycles. The summed E-state index contributed by atoms with van der Waals surface area (Å²) in [7, 11) is 0. The number of nitrogens with zero attached hydrogens (tertiary/aromatic N) is 2. The van der Waals surface area contributed by atoms with Crippen molar-refractivity contribution in [3.63, 3.8) is 0 Å². The predicted molar refractivity (Wildman–Crippen MR) is 101 cm³/mol. The number of hydrogen-bond donors (Lipinski definition) is 0. The van der Waals surface area contributed by atoms with E-state index in [9.17, 15) is 9.59 Å². The van der Waals surface area contributed by atoms with Crippen molar-refractivity contribution in [3.8, 4) is 5.75 Å². The van der Waals surface area contributed by atoms with Crippen LogP contribution in [0.3, 0.4) is 0 Å². The fourth-order valence-electron chi connectivity index (χ4n) is 3.12. The maximum atomic E-state index is 12.0. The van der Waals surface area contributed by atoms with Gasteiger partial charge in [0.25, 0.3) is 0 Å². The third-order valence-electron chi connectivity index (χ3n) is 4.17. The summed E-state index contributed by atoms with van der Waals surface area (Å²) in [6, 6.07) is 5.14. The Balaban J connectivity index is 2.07. The highest BCUT2D eigenvalue weighted by Crippen LogP contribution is 2.43. The molecule has 1 heterocycles. The highest BCUT2D eigenvalue weighted by atomic mass is 35.5. The lowest BCUT2D eigenvalue weighted by molar-refractivity contribution is -0.131. The van der Waals surface area contributed by atoms with Crippen LogP contribution in [-0.4, -0.2) is 28.5 Å². The maximum absolute atomic E-state index is 12.0. The summed E-state index contributed by atoms with van der Waals surface area (Å²) >= 11 is 6.17. The lowest BCUT2D eigenvalue weighted by atomic mass is 9.99. The number of benzene rings is 1. The van der Waals surface area contributed by atoms with E-state index in [1.54, 1.807) is 31.3 Å². The summed E-state index contributed by atoms with van der Waals surface area (Å²) in [6.07, 6.45) is 5.50. The van der Waals surface area contributed by atoms with Crippen molar-refractivity contribution in [1.82, 2.24) is 9.97 Å². The molecule has 0 radical (unpaired) electrons. The minimum atomic E-state index is -0.504. The number of rotatable bonds is 5. The second-order valence-corrected chi connectivity index (χ2v) is 6.49. The molecular weight excluding hydrogens is 368 g/mol. The molecule has 1 aliphatic carbocycles. The van der Waals surface area contributed by atoms with E-state index in [1.165, 1.54) is 13.1 Å². The van der Waals surface area contributed by atoms with Gasteiger partial charge in [-0.15, -0.1) is 0 Å². The van der Waals surface area contributed by atoms with Crippen LogP contribution in [-0.2, 0) is 9.53 Å². The van der Waals surface area contributed by atoms with Gasteiger partial charge in [-0.25, -0.2) is 9.78 Å². The van der Waals surface area contributed by atoms with Crippen molar-refractivity contribution in [1.29, 1.82) is 0 Å². The van der Waals surface area contributed by atoms with Gasteiger partial charge >= 0.3 is 11.9 Å². The fraction of sp³-hybridized carbons (Fsp3) is 0.300. The van der Waals surface area contributed by atoms with Crippen LogP contribution in [0, 0.1) is 0 Å². The van der Waals surface area contributed by atoms with E-state index in [1.807, 2.05) is 0 Å². The SMILES string of the molecule is CCOC(=O)c1cncc(C2=C(c3cc(Cl)ccc3OC(C)=O)CCC2)n1. The number of carbonyl (C=O) groups excluding carboxylic acids is 2. The van der Waals surface area contributed by atoms with Crippen LogP contribution >= 0.6 is 11.6 Å². The first kappa shape index (κ1) is 19.0. The second-order valence-electron chi connectivity index (χ2n) is 6.05. The average Bonchev–Trinajstić information content (AvgIpc) is 3.13. The Hall–Kier alpha value is -2.73. The third-order valence-corrected chi connectivity index (χ3v) is 4.40. The maximum Gasteiger partial charge on any atom is 0.358 e. The van der Waals surface area contributed by atoms with E-state index < -0.39 is 11.9 Å². The lowest BCUT2D eigenvalue weighted by Gasteiger charge is -2.13. The number of carbonyl (C=O) groups is 2. The number of hydrogen-bond acceptors (Lipinski definition) is 6. The molecule has 2 aromatic rings. The second kappa shape index (κ2) is 8.31. The molecule has 0 aliphatic heterocycles. The summed E-state index contributed by atoms with van der Waals surface area (Å²) in [5, 5.41) is 0.547. The van der Waals surface area contributed by atoms with Crippen LogP contribution in [0.25, 0.3) is 11.1 Å². The Morgan fingerprint density at radius 2 is 1.96 bits per heavy atom. The zero-order valence-corrected chi connectivity index (χ0v) is 15.9. The van der Waals surface area contributed by atoms with Crippen molar-refractivity contribution >= 4 is 34.7 Å². The van der Waals surface area contributed by atoms with E-state index in [4.69, 9.17) is 21.1 Å². The van der Waals surface area contributed by atoms with Gasteiger partial charge in [-0.1, -0.05) is 11.6 Å². The van der Waals surface area contributed by atoms with Gasteiger partial charge in [0.15, 0.2) is 5.69 Å². The molecule has 27 heavy (non-hydrogen) atoms. The Kier molecular flexibility index (Phi) is 5.86. The van der Waals surface area contributed by atoms with Gasteiger partial charge < -0.3 is 9.47 Å². The molecule has 0 atom stereocenters. The first-order valence-electron chi connectivity index (χ1n) is 8.69. The number of halogens is 1. The molecule has 7 heteroatoms. The number of esters is 2. The average molecular weight is 387 g/mol. The van der Waals surface area contributed by atoms with E-state index in [2.05, 4.69) is 9.97 Å². The molecular formula is C20H19ClN2O4. The molecule has 0 amide bonds. The van der Waals surface area contributed by atoms with Crippen LogP contribution in [0.2, 0.25) is 5.02 Å². The number of allylic oxidation sites excluding steroid dienone is 2. The molecule has 1 aromatic heterocycles. The standard InChI is InChI=1S/C20H19ClN2O4/c1-3-26-20(25)18-11-22-10-17(23-18)15-6-4-5-14(15)16-9-13(21)7-8-19(16)27-12(2)24/h7-11H,3-6H2,1-2H3. The summed E-state index contributed by atoms with van der Waals surface area (Å²) in [4.78, 5) is 32.0. The monoisotopic (exact) mass is 386 g/mol. The van der Waals surface area contributed by atoms with E-state index in [0.29, 0.717) is 16.5 Å². The van der Waals surface area contributed by atoms with Gasteiger partial charge in [0.1, 0.15) is 5.75 Å². The predicted octanol–water partition coefficient (Wildman–Crippen LogP) is 4.33. The van der Waals surface area contributed by atoms with Gasteiger partial charge in [0.05, 0.1) is 24.7 Å². The Morgan fingerprint density at radius 3 is 2.70 bits per heavy atom. The van der Waals surface area contributed by atoms with Gasteiger partial charge in [-0.3, -0.25) is 9.78 Å². The largest absolute Gasteiger partial charge is 0.461 e. The summed E-state index contributed by atoms with van der Waals surface area (Å²) in [5.74, 6) is -0.450. The molecule has 3 rings (SSSR count). The topological polar surface area (TPSA) is 78.4 Å². The Morgan fingerprint density at radius 1 is 1.19 bits per heavy atom. The van der Waals surface area contributed by atoms with Gasteiger partial charge in [-0.2, -0.15) is 0 Å². The van der Waals surface area contributed by atoms with E-state index in [0.717, 1.165) is 36.0 Å². The molecule has 0 saturated heterocycles. The zero-order valence-electron chi connectivity index (χ0n) is 15.1. The molecule has 0 unspecified atom stereocenters. The molecule has 0 N–H and O–H groups in total. The minimum absolute atomic E-state index is 0.166. The van der Waals surface area contributed by atoms with E-state index in [-0.39, 0.29) is 12.3 Å². The van der Waals surface area contributed by atoms with Gasteiger partial charge in [0.2, 0.25) is 0 Å². The Labute approximate surface area is 162 Å². The first-order chi connectivity index (χ1) is 13.0. The quantitative estimate of drug-likeness (QED) is 0.562. The minimum Gasteiger partial charge on any atom is -0.461 e. The highest BCUT2D eigenvalue weighted by Gasteiger charge is 2.23. The zero-order chi connectivity index (χ0) is 19.4. The molecule has 1 aromatic carbocycles. The summed E-state index contributed by atoms with van der Waals surface area (Å²) in [5.41, 5.74) is 3.49. The third kappa shape index (κ3) is 4.34. The van der Waals surface area contributed by atoms with E-state index >= 15 is 0 Å². The fourth-order valence-corrected chi connectivity index (χ4v) is 3.29. The number of aromatic nitrogens is 2. The van der Waals surface area contributed by atoms with Crippen LogP contribution in [0.1, 0.15) is 54.9 Å². The summed E-state index contributed by atoms with van der Waals surface area (Å²) < 4.78 is 10.4. The highest BCUT2D eigenvalue weighted by molar-refractivity contribution is 6.30. The molecule has 1 aliphatic rings. The van der Waals surface area contributed by atoms with Crippen LogP contribution in [0.15, 0.2) is 30.6 Å². The van der Waals surface area contributed by atoms with Crippen LogP contribution in [0.4, 0.5) is 0 Å². The van der Waals surface area contributed by atoms with Crippen LogP contribution < -0.4 is 4.74 Å². The van der Waals surface area contributed by atoms with Crippen molar-refractivity contribution in [3.05, 3.63) is 52.6 Å². The summed E-state index contributed by atoms with van der Waals surface area (Å²) in [6.45, 7) is 3.37. The van der Waals surface area contributed by atoms with Crippen molar-refractivity contribution < 1.29 is 19.1 Å². The lowest BCUT2D eigenvalue weighted by Crippen LogP contribution is -2.09. The molecule has 140 valence electrons. The van der Waals surface area contributed by atoms with Crippen LogP contribution in [0.5, 0.6) is 5.75 Å². The molecule has 6 nitrogen and oxygen atoms in total. The van der Waals surface area contributed by atoms with Crippen molar-refractivity contribution in [2.24, 2.45) is 0 Å². The Bertz CT molecular complexity index is 924. The van der Waals surface area contributed by atoms with Gasteiger partial charge in [0, 0.05) is 17.5 Å². The normalized spacial score (nSPS) is 13.6. The smallest absolute Gasteiger partial charge is 0.358 e. The molecule has 0 spiro atoms. The van der Waals surface area contributed by atoms with Crippen molar-refractivity contribution in [2.75, 3.05) is 6.61 Å². The van der Waals surface area contributed by atoms with Crippen molar-refractivity contribution in [2.45, 2.75) is 33.1 Å². The molecule has 0 fully saturated rings. The number of ether oxygens (including phenoxy) is 2. The van der Waals surface area contributed by atoms with Gasteiger partial charge in [-0.05, 0) is 55.5 Å². The first-order valence-corrected chi connectivity index (χ1v) is 9.07.